The highest BCUT2D eigenvalue weighted by Crippen LogP contribution is 2.53. The van der Waals surface area contributed by atoms with Crippen LogP contribution in [0.3, 0.4) is 0 Å². The number of sulfonamides is 1. The molecule has 1 atom stereocenters. The smallest absolute Gasteiger partial charge is 0.264 e. The van der Waals surface area contributed by atoms with Crippen LogP contribution in [0.1, 0.15) is 46.8 Å². The number of likely N-dealkylation sites (tertiary alicyclic amines) is 1. The van der Waals surface area contributed by atoms with Gasteiger partial charge in [-0.15, -0.1) is 0 Å². The molecular weight excluding hydrogens is 554 g/mol. The number of nitrogens with zero attached hydrogens (tertiary/aromatic N) is 2. The molecule has 5 rings (SSSR count). The summed E-state index contributed by atoms with van der Waals surface area (Å²) in [5.41, 5.74) is 3.39. The Morgan fingerprint density at radius 2 is 1.69 bits per heavy atom. The number of carbonyl (C=O) groups excluding carboxylic acids is 2. The number of anilines is 1. The molecule has 1 unspecified atom stereocenters. The predicted octanol–water partition coefficient (Wildman–Crippen LogP) is 4.04. The highest BCUT2D eigenvalue weighted by molar-refractivity contribution is 7.92. The molecule has 1 saturated heterocycles. The lowest BCUT2D eigenvalue weighted by molar-refractivity contribution is -0.136. The molecule has 1 fully saturated rings. The fraction of sp³-hybridized carbons (Fsp3) is 0.375. The van der Waals surface area contributed by atoms with Gasteiger partial charge in [-0.1, -0.05) is 24.3 Å². The first-order chi connectivity index (χ1) is 20.1. The van der Waals surface area contributed by atoms with Gasteiger partial charge in [0.1, 0.15) is 12.4 Å². The molecule has 2 amide bonds. The molecular formula is C32H37N3O6S. The van der Waals surface area contributed by atoms with Gasteiger partial charge < -0.3 is 19.7 Å². The summed E-state index contributed by atoms with van der Waals surface area (Å²) in [5, 5.41) is 3.01. The molecule has 0 radical (unpaired) electrons. The van der Waals surface area contributed by atoms with Crippen LogP contribution in [-0.2, 0) is 31.5 Å². The number of carbonyl (C=O) groups is 2. The molecule has 42 heavy (non-hydrogen) atoms. The average Bonchev–Trinajstić information content (AvgIpc) is 3.24. The van der Waals surface area contributed by atoms with Crippen molar-refractivity contribution in [1.29, 1.82) is 0 Å². The van der Waals surface area contributed by atoms with Crippen LogP contribution in [0.2, 0.25) is 0 Å². The van der Waals surface area contributed by atoms with E-state index >= 15 is 0 Å². The lowest BCUT2D eigenvalue weighted by Crippen LogP contribution is -2.52. The summed E-state index contributed by atoms with van der Waals surface area (Å²) in [6.45, 7) is 5.24. The van der Waals surface area contributed by atoms with Crippen LogP contribution >= 0.6 is 0 Å². The van der Waals surface area contributed by atoms with Crippen molar-refractivity contribution in [2.45, 2.75) is 49.6 Å². The number of ether oxygens (including phenoxy) is 2. The number of fused-ring (bicyclic) bond motifs is 2. The van der Waals surface area contributed by atoms with Gasteiger partial charge in [-0.3, -0.25) is 13.9 Å². The largest absolute Gasteiger partial charge is 0.497 e. The minimum atomic E-state index is -3.95. The number of hydrogen-bond donors (Lipinski definition) is 1. The second-order valence-electron chi connectivity index (χ2n) is 11.0. The van der Waals surface area contributed by atoms with Crippen molar-refractivity contribution in [3.8, 4) is 5.75 Å². The number of methoxy groups -OCH3 is 2. The Bertz CT molecular complexity index is 1580. The summed E-state index contributed by atoms with van der Waals surface area (Å²) in [7, 11) is -0.923. The predicted molar refractivity (Wildman–Crippen MR) is 160 cm³/mol. The molecule has 1 N–H and O–H groups in total. The molecule has 1 spiro atoms. The van der Waals surface area contributed by atoms with E-state index in [1.54, 1.807) is 41.3 Å². The monoisotopic (exact) mass is 591 g/mol. The number of rotatable bonds is 8. The summed E-state index contributed by atoms with van der Waals surface area (Å²) >= 11 is 0. The lowest BCUT2D eigenvalue weighted by atomic mass is 9.70. The van der Waals surface area contributed by atoms with Crippen LogP contribution in [0.4, 0.5) is 5.69 Å². The molecule has 0 aromatic heterocycles. The second-order valence-corrected chi connectivity index (χ2v) is 12.8. The second kappa shape index (κ2) is 11.8. The third-order valence-electron chi connectivity index (χ3n) is 8.78. The van der Waals surface area contributed by atoms with E-state index in [-0.39, 0.29) is 23.3 Å². The average molecular weight is 592 g/mol. The van der Waals surface area contributed by atoms with Crippen molar-refractivity contribution in [2.24, 2.45) is 0 Å². The van der Waals surface area contributed by atoms with Crippen LogP contribution < -0.4 is 14.4 Å². The van der Waals surface area contributed by atoms with Crippen molar-refractivity contribution >= 4 is 27.5 Å². The van der Waals surface area contributed by atoms with E-state index in [2.05, 4.69) is 5.32 Å². The number of aryl methyl sites for hydroxylation is 1. The first-order valence-corrected chi connectivity index (χ1v) is 15.5. The first kappa shape index (κ1) is 29.6. The summed E-state index contributed by atoms with van der Waals surface area (Å²) in [5.74, 6) is 0.244. The van der Waals surface area contributed by atoms with Gasteiger partial charge >= 0.3 is 0 Å². The Hall–Kier alpha value is -3.89. The standard InChI is InChI=1S/C32H37N3O6S/c1-22-7-5-6-8-25(22)20-33-31(37)24-9-14-29-28(19-24)32(15-17-34(18-16-32)30(36)21-40-3)23(2)35(29)42(38,39)27-12-10-26(41-4)11-13-27/h5-14,19,23H,15-18,20-21H2,1-4H3,(H,33,37). The summed E-state index contributed by atoms with van der Waals surface area (Å²) < 4.78 is 40.0. The van der Waals surface area contributed by atoms with E-state index in [1.165, 1.54) is 18.5 Å². The highest BCUT2D eigenvalue weighted by atomic mass is 32.2. The van der Waals surface area contributed by atoms with E-state index in [4.69, 9.17) is 9.47 Å². The van der Waals surface area contributed by atoms with Crippen LogP contribution in [-0.4, -0.2) is 65.1 Å². The van der Waals surface area contributed by atoms with Gasteiger partial charge in [-0.2, -0.15) is 0 Å². The summed E-state index contributed by atoms with van der Waals surface area (Å²) in [6, 6.07) is 19.1. The zero-order valence-corrected chi connectivity index (χ0v) is 25.2. The van der Waals surface area contributed by atoms with Crippen LogP contribution in [0.15, 0.2) is 71.6 Å². The first-order valence-electron chi connectivity index (χ1n) is 14.0. The van der Waals surface area contributed by atoms with E-state index in [0.717, 1.165) is 16.7 Å². The van der Waals surface area contributed by atoms with Crippen molar-refractivity contribution in [2.75, 3.05) is 38.2 Å². The Balaban J connectivity index is 1.51. The molecule has 9 nitrogen and oxygen atoms in total. The number of nitrogens with one attached hydrogen (secondary N) is 1. The van der Waals surface area contributed by atoms with Gasteiger partial charge in [0, 0.05) is 37.7 Å². The molecule has 0 saturated carbocycles. The van der Waals surface area contributed by atoms with Crippen LogP contribution in [0.25, 0.3) is 0 Å². The van der Waals surface area contributed by atoms with Crippen molar-refractivity contribution < 1.29 is 27.5 Å². The maximum absolute atomic E-state index is 14.1. The van der Waals surface area contributed by atoms with E-state index < -0.39 is 21.5 Å². The fourth-order valence-corrected chi connectivity index (χ4v) is 8.01. The quantitative estimate of drug-likeness (QED) is 0.424. The summed E-state index contributed by atoms with van der Waals surface area (Å²) in [6.07, 6.45) is 1.11. The minimum Gasteiger partial charge on any atom is -0.497 e. The maximum Gasteiger partial charge on any atom is 0.264 e. The number of amides is 2. The molecule has 0 aliphatic carbocycles. The van der Waals surface area contributed by atoms with Crippen molar-refractivity contribution in [3.63, 3.8) is 0 Å². The highest BCUT2D eigenvalue weighted by Gasteiger charge is 2.54. The maximum atomic E-state index is 14.1. The number of hydrogen-bond acceptors (Lipinski definition) is 6. The topological polar surface area (TPSA) is 105 Å². The Labute approximate surface area is 247 Å². The van der Waals surface area contributed by atoms with E-state index in [0.29, 0.717) is 49.5 Å². The van der Waals surface area contributed by atoms with Gasteiger partial charge in [0.05, 0.1) is 23.7 Å². The van der Waals surface area contributed by atoms with Gasteiger partial charge in [0.25, 0.3) is 15.9 Å². The molecule has 0 bridgehead atoms. The Morgan fingerprint density at radius 3 is 2.33 bits per heavy atom. The van der Waals surface area contributed by atoms with Crippen molar-refractivity contribution in [3.05, 3.63) is 89.0 Å². The summed E-state index contributed by atoms with van der Waals surface area (Å²) in [4.78, 5) is 27.8. The van der Waals surface area contributed by atoms with E-state index in [1.807, 2.05) is 44.2 Å². The van der Waals surface area contributed by atoms with Gasteiger partial charge in [-0.25, -0.2) is 8.42 Å². The van der Waals surface area contributed by atoms with Gasteiger partial charge in [0.2, 0.25) is 5.91 Å². The van der Waals surface area contributed by atoms with Gasteiger partial charge in [-0.05, 0) is 85.8 Å². The fourth-order valence-electron chi connectivity index (χ4n) is 6.27. The van der Waals surface area contributed by atoms with Crippen LogP contribution in [0.5, 0.6) is 5.75 Å². The Kier molecular flexibility index (Phi) is 8.30. The third kappa shape index (κ3) is 5.25. The zero-order valence-electron chi connectivity index (χ0n) is 24.4. The molecule has 2 aliphatic heterocycles. The molecule has 10 heteroatoms. The normalized spacial score (nSPS) is 17.7. The molecule has 3 aromatic carbocycles. The third-order valence-corrected chi connectivity index (χ3v) is 10.7. The van der Waals surface area contributed by atoms with Gasteiger partial charge in [0.15, 0.2) is 0 Å². The molecule has 3 aromatic rings. The number of piperidine rings is 1. The molecule has 222 valence electrons. The van der Waals surface area contributed by atoms with E-state index in [9.17, 15) is 18.0 Å². The zero-order chi connectivity index (χ0) is 30.1. The SMILES string of the molecule is COCC(=O)N1CCC2(CC1)c1cc(C(=O)NCc3ccccc3C)ccc1N(S(=O)(=O)c1ccc(OC)cc1)C2C. The van der Waals surface area contributed by atoms with Crippen LogP contribution in [0, 0.1) is 6.92 Å². The Morgan fingerprint density at radius 1 is 1.00 bits per heavy atom. The lowest BCUT2D eigenvalue weighted by Gasteiger charge is -2.43. The van der Waals surface area contributed by atoms with Crippen molar-refractivity contribution in [1.82, 2.24) is 10.2 Å². The molecule has 2 aliphatic rings. The number of benzene rings is 3. The minimum absolute atomic E-state index is 0.00230. The molecule has 2 heterocycles.